The van der Waals surface area contributed by atoms with Gasteiger partial charge in [0.25, 0.3) is 5.91 Å². The summed E-state index contributed by atoms with van der Waals surface area (Å²) in [5.41, 5.74) is 1.54. The van der Waals surface area contributed by atoms with Gasteiger partial charge in [-0.3, -0.25) is 9.59 Å². The number of anilines is 1. The van der Waals surface area contributed by atoms with Gasteiger partial charge in [-0.05, 0) is 31.2 Å². The van der Waals surface area contributed by atoms with Crippen molar-refractivity contribution in [3.8, 4) is 0 Å². The lowest BCUT2D eigenvalue weighted by Gasteiger charge is -2.13. The monoisotopic (exact) mass is 312 g/mol. The maximum atomic E-state index is 12.6. The van der Waals surface area contributed by atoms with Gasteiger partial charge in [-0.1, -0.05) is 41.9 Å². The van der Waals surface area contributed by atoms with Crippen LogP contribution in [0.25, 0.3) is 0 Å². The van der Waals surface area contributed by atoms with Gasteiger partial charge in [0.1, 0.15) is 5.92 Å². The molecule has 0 saturated heterocycles. The van der Waals surface area contributed by atoms with Crippen molar-refractivity contribution in [1.82, 2.24) is 0 Å². The van der Waals surface area contributed by atoms with E-state index in [1.165, 1.54) is 5.01 Å². The molecule has 5 heteroatoms. The number of amides is 1. The minimum Gasteiger partial charge on any atom is -0.293 e. The number of hydrogen-bond donors (Lipinski definition) is 0. The van der Waals surface area contributed by atoms with Crippen LogP contribution in [0.3, 0.4) is 0 Å². The minimum absolute atomic E-state index is 0.285. The fourth-order valence-corrected chi connectivity index (χ4v) is 2.62. The van der Waals surface area contributed by atoms with E-state index < -0.39 is 5.92 Å². The zero-order valence-corrected chi connectivity index (χ0v) is 12.6. The van der Waals surface area contributed by atoms with Crippen LogP contribution in [0.5, 0.6) is 0 Å². The average molecular weight is 313 g/mol. The van der Waals surface area contributed by atoms with Crippen molar-refractivity contribution in [2.75, 3.05) is 5.01 Å². The third kappa shape index (κ3) is 2.53. The van der Waals surface area contributed by atoms with Crippen molar-refractivity contribution in [3.63, 3.8) is 0 Å². The maximum absolute atomic E-state index is 12.6. The summed E-state index contributed by atoms with van der Waals surface area (Å²) in [5.74, 6) is -1.51. The number of Topliss-reactive ketones (excluding diaryl/α,β-unsaturated/α-hetero) is 1. The molecule has 2 aromatic carbocycles. The molecule has 3 rings (SSSR count). The van der Waals surface area contributed by atoms with Gasteiger partial charge in [0.2, 0.25) is 0 Å². The zero-order chi connectivity index (χ0) is 15.7. The fourth-order valence-electron chi connectivity index (χ4n) is 2.43. The molecule has 0 aliphatic carbocycles. The van der Waals surface area contributed by atoms with Gasteiger partial charge in [0.05, 0.1) is 11.4 Å². The third-order valence-corrected chi connectivity index (χ3v) is 3.74. The van der Waals surface area contributed by atoms with Crippen molar-refractivity contribution in [2.45, 2.75) is 6.92 Å². The van der Waals surface area contributed by atoms with E-state index in [1.54, 1.807) is 43.3 Å². The molecule has 0 spiro atoms. The standard InChI is InChI=1S/C17H13ClN2O2/c1-11-15(16(21)12-6-5-7-13(18)10-12)17(22)20(19-11)14-8-3-2-4-9-14/h2-10,15H,1H3/t15-/m1/s1. The van der Waals surface area contributed by atoms with Crippen LogP contribution in [0.2, 0.25) is 5.02 Å². The van der Waals surface area contributed by atoms with Crippen molar-refractivity contribution >= 4 is 34.7 Å². The highest BCUT2D eigenvalue weighted by molar-refractivity contribution is 6.33. The Kier molecular flexibility index (Phi) is 3.77. The minimum atomic E-state index is -0.890. The fraction of sp³-hybridized carbons (Fsp3) is 0.118. The Hall–Kier alpha value is -2.46. The molecule has 2 aromatic rings. The molecule has 0 N–H and O–H groups in total. The van der Waals surface area contributed by atoms with Gasteiger partial charge in [0, 0.05) is 10.6 Å². The van der Waals surface area contributed by atoms with E-state index in [-0.39, 0.29) is 11.7 Å². The van der Waals surface area contributed by atoms with Gasteiger partial charge < -0.3 is 0 Å². The molecule has 1 amide bonds. The normalized spacial score (nSPS) is 17.5. The summed E-state index contributed by atoms with van der Waals surface area (Å²) in [5, 5.41) is 5.98. The Balaban J connectivity index is 1.92. The van der Waals surface area contributed by atoms with Crippen molar-refractivity contribution in [3.05, 3.63) is 65.2 Å². The van der Waals surface area contributed by atoms with Crippen LogP contribution in [0.4, 0.5) is 5.69 Å². The number of nitrogens with zero attached hydrogens (tertiary/aromatic N) is 2. The number of hydrogen-bond acceptors (Lipinski definition) is 3. The predicted molar refractivity (Wildman–Crippen MR) is 86.3 cm³/mol. The summed E-state index contributed by atoms with van der Waals surface area (Å²) >= 11 is 5.92. The maximum Gasteiger partial charge on any atom is 0.264 e. The van der Waals surface area contributed by atoms with Crippen LogP contribution in [-0.4, -0.2) is 17.4 Å². The zero-order valence-electron chi connectivity index (χ0n) is 11.9. The molecule has 0 aromatic heterocycles. The van der Waals surface area contributed by atoms with Crippen molar-refractivity contribution in [1.29, 1.82) is 0 Å². The smallest absolute Gasteiger partial charge is 0.264 e. The van der Waals surface area contributed by atoms with E-state index in [1.807, 2.05) is 18.2 Å². The van der Waals surface area contributed by atoms with Gasteiger partial charge in [0.15, 0.2) is 5.78 Å². The first-order chi connectivity index (χ1) is 10.6. The second-order valence-corrected chi connectivity index (χ2v) is 5.47. The highest BCUT2D eigenvalue weighted by atomic mass is 35.5. The molecule has 1 atom stereocenters. The van der Waals surface area contributed by atoms with Crippen LogP contribution in [0.1, 0.15) is 17.3 Å². The molecule has 22 heavy (non-hydrogen) atoms. The number of benzene rings is 2. The molecule has 110 valence electrons. The lowest BCUT2D eigenvalue weighted by Crippen LogP contribution is -2.32. The Morgan fingerprint density at radius 3 is 2.55 bits per heavy atom. The Bertz CT molecular complexity index is 771. The number of rotatable bonds is 3. The van der Waals surface area contributed by atoms with Gasteiger partial charge in [-0.15, -0.1) is 0 Å². The molecule has 1 aliphatic heterocycles. The number of ketones is 1. The van der Waals surface area contributed by atoms with E-state index in [0.29, 0.717) is 22.0 Å². The van der Waals surface area contributed by atoms with Crippen LogP contribution in [0, 0.1) is 5.92 Å². The first-order valence-corrected chi connectivity index (χ1v) is 7.19. The van der Waals surface area contributed by atoms with Gasteiger partial charge in [-0.2, -0.15) is 10.1 Å². The molecule has 0 bridgehead atoms. The lowest BCUT2D eigenvalue weighted by atomic mass is 9.94. The van der Waals surface area contributed by atoms with E-state index in [2.05, 4.69) is 5.10 Å². The number of carbonyl (C=O) groups excluding carboxylic acids is 2. The molecule has 4 nitrogen and oxygen atoms in total. The summed E-state index contributed by atoms with van der Waals surface area (Å²) in [7, 11) is 0. The topological polar surface area (TPSA) is 49.7 Å². The number of hydrazone groups is 1. The van der Waals surface area contributed by atoms with E-state index in [9.17, 15) is 9.59 Å². The lowest BCUT2D eigenvalue weighted by molar-refractivity contribution is -0.118. The predicted octanol–water partition coefficient (Wildman–Crippen LogP) is 3.56. The van der Waals surface area contributed by atoms with E-state index >= 15 is 0 Å². The number of halogens is 1. The summed E-state index contributed by atoms with van der Waals surface area (Å²) < 4.78 is 0. The van der Waals surface area contributed by atoms with Crippen LogP contribution >= 0.6 is 11.6 Å². The molecular formula is C17H13ClN2O2. The Morgan fingerprint density at radius 1 is 1.14 bits per heavy atom. The molecule has 1 heterocycles. The quantitative estimate of drug-likeness (QED) is 0.642. The summed E-state index contributed by atoms with van der Waals surface area (Å²) in [6.45, 7) is 1.69. The molecule has 1 aliphatic rings. The molecule has 0 radical (unpaired) electrons. The van der Waals surface area contributed by atoms with Crippen LogP contribution < -0.4 is 5.01 Å². The third-order valence-electron chi connectivity index (χ3n) is 3.50. The summed E-state index contributed by atoms with van der Waals surface area (Å²) in [6, 6.07) is 15.6. The molecule has 0 unspecified atom stereocenters. The highest BCUT2D eigenvalue weighted by Crippen LogP contribution is 2.26. The van der Waals surface area contributed by atoms with Crippen LogP contribution in [0.15, 0.2) is 59.7 Å². The summed E-state index contributed by atoms with van der Waals surface area (Å²) in [4.78, 5) is 25.2. The second kappa shape index (κ2) is 5.73. The van der Waals surface area contributed by atoms with Gasteiger partial charge in [-0.25, -0.2) is 0 Å². The molecular weight excluding hydrogens is 300 g/mol. The summed E-state index contributed by atoms with van der Waals surface area (Å²) in [6.07, 6.45) is 0. The largest absolute Gasteiger partial charge is 0.293 e. The average Bonchev–Trinajstić information content (AvgIpc) is 2.82. The van der Waals surface area contributed by atoms with Gasteiger partial charge >= 0.3 is 0 Å². The van der Waals surface area contributed by atoms with E-state index in [4.69, 9.17) is 11.6 Å². The van der Waals surface area contributed by atoms with E-state index in [0.717, 1.165) is 0 Å². The number of carbonyl (C=O) groups is 2. The SMILES string of the molecule is CC1=NN(c2ccccc2)C(=O)[C@H]1C(=O)c1cccc(Cl)c1. The first-order valence-electron chi connectivity index (χ1n) is 6.82. The molecule has 0 fully saturated rings. The number of para-hydroxylation sites is 1. The molecule has 0 saturated carbocycles. The second-order valence-electron chi connectivity index (χ2n) is 5.03. The Labute approximate surface area is 133 Å². The van der Waals surface area contributed by atoms with Crippen molar-refractivity contribution < 1.29 is 9.59 Å². The van der Waals surface area contributed by atoms with Crippen molar-refractivity contribution in [2.24, 2.45) is 11.0 Å². The first kappa shape index (κ1) is 14.5. The highest BCUT2D eigenvalue weighted by Gasteiger charge is 2.39. The van der Waals surface area contributed by atoms with Crippen LogP contribution in [-0.2, 0) is 4.79 Å². The Morgan fingerprint density at radius 2 is 1.86 bits per heavy atom.